The first-order valence-electron chi connectivity index (χ1n) is 12.8. The van der Waals surface area contributed by atoms with Gasteiger partial charge in [-0.1, -0.05) is 37.6 Å². The maximum Gasteiger partial charge on any atom is 0.231 e. The highest BCUT2D eigenvalue weighted by atomic mass is 35.5. The third kappa shape index (κ3) is 5.51. The summed E-state index contributed by atoms with van der Waals surface area (Å²) < 4.78 is 28.2. The van der Waals surface area contributed by atoms with Crippen molar-refractivity contribution in [2.45, 2.75) is 25.8 Å². The number of pyridine rings is 1. The van der Waals surface area contributed by atoms with Crippen LogP contribution in [0.3, 0.4) is 0 Å². The Hall–Kier alpha value is -3.49. The number of rotatable bonds is 7. The number of benzene rings is 2. The van der Waals surface area contributed by atoms with Crippen LogP contribution in [-0.2, 0) is 4.79 Å². The van der Waals surface area contributed by atoms with E-state index in [0.29, 0.717) is 54.5 Å². The molecule has 0 bridgehead atoms. The zero-order valence-corrected chi connectivity index (χ0v) is 22.1. The summed E-state index contributed by atoms with van der Waals surface area (Å²) in [5, 5.41) is 4.90. The van der Waals surface area contributed by atoms with Crippen LogP contribution < -0.4 is 10.2 Å². The molecule has 2 aromatic heterocycles. The van der Waals surface area contributed by atoms with E-state index in [-0.39, 0.29) is 17.9 Å². The van der Waals surface area contributed by atoms with E-state index in [0.717, 1.165) is 22.7 Å². The van der Waals surface area contributed by atoms with Crippen LogP contribution >= 0.6 is 11.6 Å². The smallest absolute Gasteiger partial charge is 0.231 e. The number of carbonyl (C=O) groups is 1. The lowest BCUT2D eigenvalue weighted by Crippen LogP contribution is -2.51. The van der Waals surface area contributed by atoms with Crippen molar-refractivity contribution in [3.8, 4) is 11.1 Å². The van der Waals surface area contributed by atoms with Gasteiger partial charge in [-0.2, -0.15) is 0 Å². The molecular weight excluding hydrogens is 508 g/mol. The Balaban J connectivity index is 1.40. The molecule has 0 radical (unpaired) electrons. The van der Waals surface area contributed by atoms with E-state index in [1.54, 1.807) is 12.4 Å². The Labute approximate surface area is 225 Å². The van der Waals surface area contributed by atoms with E-state index in [1.165, 1.54) is 12.1 Å². The molecule has 6 nitrogen and oxygen atoms in total. The van der Waals surface area contributed by atoms with Crippen LogP contribution in [0.25, 0.3) is 22.2 Å². The van der Waals surface area contributed by atoms with Crippen LogP contribution in [0.4, 0.5) is 14.5 Å². The Kier molecular flexibility index (Phi) is 7.63. The van der Waals surface area contributed by atoms with Crippen molar-refractivity contribution in [3.63, 3.8) is 0 Å². The highest BCUT2D eigenvalue weighted by molar-refractivity contribution is 6.30. The molecule has 9 heteroatoms. The van der Waals surface area contributed by atoms with E-state index >= 15 is 0 Å². The summed E-state index contributed by atoms with van der Waals surface area (Å²) in [7, 11) is 0. The lowest BCUT2D eigenvalue weighted by atomic mass is 9.96. The van der Waals surface area contributed by atoms with Gasteiger partial charge < -0.3 is 20.1 Å². The molecule has 3 heterocycles. The summed E-state index contributed by atoms with van der Waals surface area (Å²) in [4.78, 5) is 25.4. The molecule has 1 aliphatic heterocycles. The number of nitrogens with zero attached hydrogens (tertiary/aromatic N) is 3. The zero-order valence-electron chi connectivity index (χ0n) is 21.3. The van der Waals surface area contributed by atoms with Crippen molar-refractivity contribution >= 4 is 34.2 Å². The molecule has 1 saturated heterocycles. The van der Waals surface area contributed by atoms with Gasteiger partial charge in [0.25, 0.3) is 0 Å². The number of piperazine rings is 1. The third-order valence-electron chi connectivity index (χ3n) is 6.94. The molecule has 1 fully saturated rings. The quantitative estimate of drug-likeness (QED) is 0.322. The van der Waals surface area contributed by atoms with E-state index in [2.05, 4.69) is 34.0 Å². The Morgan fingerprint density at radius 1 is 1.05 bits per heavy atom. The number of amides is 1. The van der Waals surface area contributed by atoms with Gasteiger partial charge in [0, 0.05) is 73.2 Å². The number of fused-ring (bicyclic) bond motifs is 1. The number of carbonyl (C=O) groups excluding carboxylic acids is 1. The van der Waals surface area contributed by atoms with Gasteiger partial charge in [0.05, 0.1) is 11.6 Å². The van der Waals surface area contributed by atoms with Crippen LogP contribution in [0.2, 0.25) is 5.02 Å². The van der Waals surface area contributed by atoms with Gasteiger partial charge >= 0.3 is 0 Å². The largest absolute Gasteiger partial charge is 0.367 e. The molecule has 1 amide bonds. The minimum atomic E-state index is -0.640. The van der Waals surface area contributed by atoms with E-state index in [9.17, 15) is 13.6 Å². The maximum absolute atomic E-state index is 14.1. The van der Waals surface area contributed by atoms with Crippen molar-refractivity contribution in [2.75, 3.05) is 37.6 Å². The second-order valence-electron chi connectivity index (χ2n) is 9.90. The summed E-state index contributed by atoms with van der Waals surface area (Å²) in [6.45, 7) is 6.84. The predicted molar refractivity (Wildman–Crippen MR) is 148 cm³/mol. The Morgan fingerprint density at radius 2 is 1.74 bits per heavy atom. The first-order chi connectivity index (χ1) is 18.3. The molecule has 1 unspecified atom stereocenters. The van der Waals surface area contributed by atoms with Gasteiger partial charge in [0.1, 0.15) is 17.3 Å². The maximum atomic E-state index is 14.1. The zero-order chi connectivity index (χ0) is 26.8. The fourth-order valence-electron chi connectivity index (χ4n) is 5.02. The summed E-state index contributed by atoms with van der Waals surface area (Å²) in [5.41, 5.74) is 3.55. The Bertz CT molecular complexity index is 1410. The summed E-state index contributed by atoms with van der Waals surface area (Å²) in [6, 6.07) is 13.1. The van der Waals surface area contributed by atoms with Crippen molar-refractivity contribution in [1.29, 1.82) is 0 Å². The third-order valence-corrected chi connectivity index (χ3v) is 7.19. The average Bonchev–Trinajstić information content (AvgIpc) is 3.37. The lowest BCUT2D eigenvalue weighted by molar-refractivity contribution is -0.133. The average molecular weight is 538 g/mol. The van der Waals surface area contributed by atoms with Crippen molar-refractivity contribution < 1.29 is 13.6 Å². The highest BCUT2D eigenvalue weighted by Gasteiger charge is 2.30. The fraction of sp³-hybridized carbons (Fsp3) is 0.310. The SMILES string of the molecule is CC(C)NCC(C(=O)N1CCN(c2c(-c3cc(F)cc(F)c3)cnc3[nH]ccc23)CC1)c1ccc(Cl)cc1. The number of halogens is 3. The standard InChI is InChI=1S/C29H30ClF2N5O/c1-18(2)34-17-26(19-3-5-21(30)6-4-19)29(38)37-11-9-36(10-12-37)27-24-7-8-33-28(24)35-16-25(27)20-13-22(31)15-23(32)14-20/h3-8,13-16,18,26,34H,9-12,17H2,1-2H3,(H,33,35). The molecule has 1 atom stereocenters. The minimum absolute atomic E-state index is 0.0640. The molecule has 2 N–H and O–H groups in total. The molecule has 0 spiro atoms. The van der Waals surface area contributed by atoms with Gasteiger partial charge in [-0.05, 0) is 41.5 Å². The second-order valence-corrected chi connectivity index (χ2v) is 10.3. The van der Waals surface area contributed by atoms with E-state index in [4.69, 9.17) is 11.6 Å². The summed E-state index contributed by atoms with van der Waals surface area (Å²) in [5.74, 6) is -1.55. The van der Waals surface area contributed by atoms with Gasteiger partial charge in [-0.25, -0.2) is 13.8 Å². The first kappa shape index (κ1) is 26.1. The molecule has 1 aliphatic rings. The van der Waals surface area contributed by atoms with Crippen LogP contribution in [-0.4, -0.2) is 59.5 Å². The monoisotopic (exact) mass is 537 g/mol. The van der Waals surface area contributed by atoms with Crippen molar-refractivity contribution in [1.82, 2.24) is 20.2 Å². The molecule has 198 valence electrons. The van der Waals surface area contributed by atoms with Gasteiger partial charge in [-0.15, -0.1) is 0 Å². The number of anilines is 1. The number of aromatic nitrogens is 2. The summed E-state index contributed by atoms with van der Waals surface area (Å²) >= 11 is 6.09. The number of hydrogen-bond donors (Lipinski definition) is 2. The number of H-pyrrole nitrogens is 1. The molecule has 0 aliphatic carbocycles. The van der Waals surface area contributed by atoms with E-state index < -0.39 is 11.6 Å². The first-order valence-corrected chi connectivity index (χ1v) is 13.1. The fourth-order valence-corrected chi connectivity index (χ4v) is 5.15. The Morgan fingerprint density at radius 3 is 2.39 bits per heavy atom. The normalized spacial score (nSPS) is 14.9. The molecule has 5 rings (SSSR count). The van der Waals surface area contributed by atoms with Crippen molar-refractivity contribution in [3.05, 3.63) is 83.1 Å². The molecule has 0 saturated carbocycles. The number of hydrogen-bond acceptors (Lipinski definition) is 4. The summed E-state index contributed by atoms with van der Waals surface area (Å²) in [6.07, 6.45) is 3.45. The second kappa shape index (κ2) is 11.1. The van der Waals surface area contributed by atoms with Crippen LogP contribution in [0, 0.1) is 11.6 Å². The van der Waals surface area contributed by atoms with Gasteiger partial charge in [-0.3, -0.25) is 4.79 Å². The predicted octanol–water partition coefficient (Wildman–Crippen LogP) is 5.59. The van der Waals surface area contributed by atoms with Crippen molar-refractivity contribution in [2.24, 2.45) is 0 Å². The molecule has 4 aromatic rings. The lowest BCUT2D eigenvalue weighted by Gasteiger charge is -2.38. The molecular formula is C29H30ClF2N5O. The topological polar surface area (TPSA) is 64.3 Å². The molecule has 2 aromatic carbocycles. The van der Waals surface area contributed by atoms with Crippen LogP contribution in [0.5, 0.6) is 0 Å². The van der Waals surface area contributed by atoms with Gasteiger partial charge in [0.15, 0.2) is 0 Å². The minimum Gasteiger partial charge on any atom is -0.367 e. The number of nitrogens with one attached hydrogen (secondary N) is 2. The highest BCUT2D eigenvalue weighted by Crippen LogP contribution is 2.37. The number of aromatic amines is 1. The van der Waals surface area contributed by atoms with Gasteiger partial charge in [0.2, 0.25) is 5.91 Å². The molecule has 38 heavy (non-hydrogen) atoms. The van der Waals surface area contributed by atoms with Crippen LogP contribution in [0.1, 0.15) is 25.3 Å². The van der Waals surface area contributed by atoms with E-state index in [1.807, 2.05) is 35.2 Å². The van der Waals surface area contributed by atoms with Crippen LogP contribution in [0.15, 0.2) is 60.9 Å².